The number of carbonyl (C=O) groups is 1. The summed E-state index contributed by atoms with van der Waals surface area (Å²) in [5.41, 5.74) is 0.592. The number of nitrogens with zero attached hydrogens (tertiary/aromatic N) is 1. The highest BCUT2D eigenvalue weighted by molar-refractivity contribution is 5.77. The molecule has 0 unspecified atom stereocenters. The van der Waals surface area contributed by atoms with E-state index in [1.165, 1.54) is 25.0 Å². The van der Waals surface area contributed by atoms with E-state index in [2.05, 4.69) is 10.6 Å². The lowest BCUT2D eigenvalue weighted by Gasteiger charge is -2.36. The van der Waals surface area contributed by atoms with Gasteiger partial charge < -0.3 is 9.67 Å². The molecule has 0 amide bonds. The fourth-order valence-electron chi connectivity index (χ4n) is 3.19. The van der Waals surface area contributed by atoms with Gasteiger partial charge in [0.15, 0.2) is 0 Å². The lowest BCUT2D eigenvalue weighted by molar-refractivity contribution is -0.149. The molecule has 0 spiro atoms. The quantitative estimate of drug-likeness (QED) is 0.871. The summed E-state index contributed by atoms with van der Waals surface area (Å²) < 4.78 is 2.08. The Balaban J connectivity index is 2.02. The summed E-state index contributed by atoms with van der Waals surface area (Å²) in [7, 11) is 0. The second-order valence-electron chi connectivity index (χ2n) is 5.47. The Kier molecular flexibility index (Phi) is 2.49. The molecule has 3 rings (SSSR count). The van der Waals surface area contributed by atoms with Crippen molar-refractivity contribution in [3.63, 3.8) is 0 Å². The third-order valence-corrected chi connectivity index (χ3v) is 4.32. The molecule has 0 radical (unpaired) electrons. The van der Waals surface area contributed by atoms with Gasteiger partial charge >= 0.3 is 5.97 Å². The van der Waals surface area contributed by atoms with Gasteiger partial charge in [-0.05, 0) is 43.7 Å². The van der Waals surface area contributed by atoms with Crippen LogP contribution in [0.1, 0.15) is 56.6 Å². The molecule has 1 heterocycles. The Morgan fingerprint density at radius 2 is 2.00 bits per heavy atom. The zero-order valence-electron chi connectivity index (χ0n) is 10.1. The average Bonchev–Trinajstić information content (AvgIpc) is 3.07. The Morgan fingerprint density at radius 1 is 1.29 bits per heavy atom. The molecule has 2 saturated carbocycles. The maximum absolute atomic E-state index is 11.7. The topological polar surface area (TPSA) is 42.2 Å². The third-order valence-electron chi connectivity index (χ3n) is 4.32. The van der Waals surface area contributed by atoms with Crippen molar-refractivity contribution in [1.29, 1.82) is 0 Å². The van der Waals surface area contributed by atoms with E-state index in [-0.39, 0.29) is 0 Å². The van der Waals surface area contributed by atoms with Gasteiger partial charge in [-0.2, -0.15) is 0 Å². The van der Waals surface area contributed by atoms with Gasteiger partial charge in [-0.15, -0.1) is 0 Å². The van der Waals surface area contributed by atoms with Gasteiger partial charge in [0.2, 0.25) is 0 Å². The molecule has 3 heteroatoms. The molecule has 1 aromatic heterocycles. The number of carboxylic acid groups (broad SMARTS) is 1. The minimum absolute atomic E-state index is 0.614. The molecule has 2 fully saturated rings. The smallest absolute Gasteiger partial charge is 0.329 e. The monoisotopic (exact) mass is 233 g/mol. The van der Waals surface area contributed by atoms with E-state index in [0.29, 0.717) is 5.92 Å². The van der Waals surface area contributed by atoms with Crippen LogP contribution in [0.25, 0.3) is 0 Å². The molecule has 0 bridgehead atoms. The molecule has 0 aromatic carbocycles. The number of hydrogen-bond donors (Lipinski definition) is 1. The molecule has 2 aliphatic carbocycles. The Morgan fingerprint density at radius 3 is 2.59 bits per heavy atom. The first-order valence-corrected chi connectivity index (χ1v) is 6.65. The molecular formula is C14H19NO2. The first kappa shape index (κ1) is 10.9. The van der Waals surface area contributed by atoms with E-state index in [0.717, 1.165) is 25.7 Å². The lowest BCUT2D eigenvalue weighted by Crippen LogP contribution is -2.44. The molecular weight excluding hydrogens is 214 g/mol. The fraction of sp³-hybridized carbons (Fsp3) is 0.643. The highest BCUT2D eigenvalue weighted by atomic mass is 16.4. The van der Waals surface area contributed by atoms with Crippen molar-refractivity contribution in [2.75, 3.05) is 0 Å². The number of hydrogen-bond acceptors (Lipinski definition) is 1. The van der Waals surface area contributed by atoms with Crippen LogP contribution in [0.15, 0.2) is 18.3 Å². The lowest BCUT2D eigenvalue weighted by atomic mass is 9.81. The second kappa shape index (κ2) is 3.90. The maximum Gasteiger partial charge on any atom is 0.329 e. The molecule has 0 aliphatic heterocycles. The number of aliphatic carboxylic acids is 1. The van der Waals surface area contributed by atoms with Gasteiger partial charge in [0.1, 0.15) is 5.54 Å². The van der Waals surface area contributed by atoms with Crippen molar-refractivity contribution in [2.45, 2.75) is 56.4 Å². The van der Waals surface area contributed by atoms with Crippen LogP contribution < -0.4 is 0 Å². The summed E-state index contributed by atoms with van der Waals surface area (Å²) >= 11 is 0. The molecule has 1 aromatic rings. The van der Waals surface area contributed by atoms with Crippen molar-refractivity contribution >= 4 is 5.97 Å². The van der Waals surface area contributed by atoms with Gasteiger partial charge in [-0.3, -0.25) is 0 Å². The molecule has 0 saturated heterocycles. The van der Waals surface area contributed by atoms with Gasteiger partial charge in [-0.25, -0.2) is 4.79 Å². The van der Waals surface area contributed by atoms with Crippen LogP contribution in [0.5, 0.6) is 0 Å². The van der Waals surface area contributed by atoms with Gasteiger partial charge in [0.05, 0.1) is 0 Å². The second-order valence-corrected chi connectivity index (χ2v) is 5.47. The van der Waals surface area contributed by atoms with Gasteiger partial charge in [0.25, 0.3) is 0 Å². The number of aromatic nitrogens is 1. The summed E-state index contributed by atoms with van der Waals surface area (Å²) in [4.78, 5) is 11.7. The van der Waals surface area contributed by atoms with E-state index in [4.69, 9.17) is 0 Å². The Labute approximate surface area is 101 Å². The molecule has 0 atom stereocenters. The normalized spacial score (nSPS) is 23.5. The van der Waals surface area contributed by atoms with E-state index in [1.54, 1.807) is 0 Å². The predicted molar refractivity (Wildman–Crippen MR) is 65.1 cm³/mol. The summed E-state index contributed by atoms with van der Waals surface area (Å²) in [5.74, 6) is -0.0292. The molecule has 17 heavy (non-hydrogen) atoms. The third kappa shape index (κ3) is 1.68. The van der Waals surface area contributed by atoms with Crippen molar-refractivity contribution in [1.82, 2.24) is 4.57 Å². The molecule has 2 aliphatic rings. The van der Waals surface area contributed by atoms with Crippen LogP contribution in [0.3, 0.4) is 0 Å². The predicted octanol–water partition coefficient (Wildman–Crippen LogP) is 3.11. The largest absolute Gasteiger partial charge is 0.479 e. The zero-order chi connectivity index (χ0) is 11.9. The maximum atomic E-state index is 11.7. The Hall–Kier alpha value is -1.25. The fourth-order valence-corrected chi connectivity index (χ4v) is 3.19. The van der Waals surface area contributed by atoms with E-state index < -0.39 is 11.5 Å². The standard InChI is InChI=1S/C14H19NO2/c16-13(17)14(8-2-1-3-9-14)15-10-4-5-12(15)11-6-7-11/h4-5,10-11H,1-3,6-9H2,(H,16,17). The number of carboxylic acids is 1. The van der Waals surface area contributed by atoms with Crippen molar-refractivity contribution in [3.05, 3.63) is 24.0 Å². The summed E-state index contributed by atoms with van der Waals surface area (Å²) in [5, 5.41) is 9.67. The minimum atomic E-state index is -0.653. The minimum Gasteiger partial charge on any atom is -0.479 e. The Bertz CT molecular complexity index is 425. The van der Waals surface area contributed by atoms with Crippen LogP contribution in [-0.2, 0) is 10.3 Å². The average molecular weight is 233 g/mol. The summed E-state index contributed by atoms with van der Waals surface area (Å²) in [6.07, 6.45) is 9.25. The van der Waals surface area contributed by atoms with E-state index >= 15 is 0 Å². The van der Waals surface area contributed by atoms with Crippen LogP contribution in [0.2, 0.25) is 0 Å². The summed E-state index contributed by atoms with van der Waals surface area (Å²) in [6, 6.07) is 4.11. The van der Waals surface area contributed by atoms with E-state index in [9.17, 15) is 9.90 Å². The van der Waals surface area contributed by atoms with Gasteiger partial charge in [0, 0.05) is 11.9 Å². The van der Waals surface area contributed by atoms with E-state index in [1.807, 2.05) is 12.3 Å². The summed E-state index contributed by atoms with van der Waals surface area (Å²) in [6.45, 7) is 0. The first-order valence-electron chi connectivity index (χ1n) is 6.65. The van der Waals surface area contributed by atoms with Crippen LogP contribution in [-0.4, -0.2) is 15.6 Å². The van der Waals surface area contributed by atoms with Crippen molar-refractivity contribution < 1.29 is 9.90 Å². The van der Waals surface area contributed by atoms with Gasteiger partial charge in [-0.1, -0.05) is 19.3 Å². The highest BCUT2D eigenvalue weighted by Gasteiger charge is 2.43. The van der Waals surface area contributed by atoms with Crippen LogP contribution in [0, 0.1) is 0 Å². The zero-order valence-corrected chi connectivity index (χ0v) is 10.1. The SMILES string of the molecule is O=C(O)C1(n2cccc2C2CC2)CCCCC1. The molecule has 1 N–H and O–H groups in total. The highest BCUT2D eigenvalue weighted by Crippen LogP contribution is 2.44. The van der Waals surface area contributed by atoms with Crippen LogP contribution in [0.4, 0.5) is 0 Å². The molecule has 3 nitrogen and oxygen atoms in total. The number of rotatable bonds is 3. The van der Waals surface area contributed by atoms with Crippen molar-refractivity contribution in [2.24, 2.45) is 0 Å². The van der Waals surface area contributed by atoms with Crippen LogP contribution >= 0.6 is 0 Å². The molecule has 92 valence electrons. The van der Waals surface area contributed by atoms with Crippen molar-refractivity contribution in [3.8, 4) is 0 Å². The first-order chi connectivity index (χ1) is 8.24.